The lowest BCUT2D eigenvalue weighted by atomic mass is 10.1. The maximum atomic E-state index is 12.2. The van der Waals surface area contributed by atoms with Gasteiger partial charge in [-0.25, -0.2) is 4.98 Å². The summed E-state index contributed by atoms with van der Waals surface area (Å²) in [6, 6.07) is -0.434. The Morgan fingerprint density at radius 3 is 3.05 bits per heavy atom. The molecule has 1 atom stereocenters. The van der Waals surface area contributed by atoms with Crippen LogP contribution in [0.1, 0.15) is 50.3 Å². The van der Waals surface area contributed by atoms with Gasteiger partial charge < -0.3 is 10.6 Å². The lowest BCUT2D eigenvalue weighted by Crippen LogP contribution is -2.42. The van der Waals surface area contributed by atoms with Crippen molar-refractivity contribution in [1.29, 1.82) is 0 Å². The van der Waals surface area contributed by atoms with Crippen LogP contribution in [0.4, 0.5) is 5.82 Å². The Labute approximate surface area is 116 Å². The number of amides is 2. The van der Waals surface area contributed by atoms with E-state index in [0.29, 0.717) is 24.6 Å². The van der Waals surface area contributed by atoms with E-state index in [9.17, 15) is 9.59 Å². The Balaban J connectivity index is 2.03. The van der Waals surface area contributed by atoms with Crippen molar-refractivity contribution in [3.8, 4) is 0 Å². The van der Waals surface area contributed by atoms with Crippen molar-refractivity contribution in [2.75, 3.05) is 5.32 Å². The number of carbonyl (C=O) groups is 2. The molecule has 6 heteroatoms. The van der Waals surface area contributed by atoms with E-state index >= 15 is 0 Å². The second-order valence-corrected chi connectivity index (χ2v) is 5.96. The van der Waals surface area contributed by atoms with Crippen molar-refractivity contribution in [1.82, 2.24) is 10.3 Å². The third-order valence-electron chi connectivity index (χ3n) is 3.16. The molecule has 0 aliphatic carbocycles. The smallest absolute Gasteiger partial charge is 0.248 e. The van der Waals surface area contributed by atoms with Crippen molar-refractivity contribution < 1.29 is 9.59 Å². The molecule has 0 aromatic carbocycles. The molecule has 2 rings (SSSR count). The van der Waals surface area contributed by atoms with Crippen molar-refractivity contribution in [2.45, 2.75) is 51.5 Å². The molecule has 0 unspecified atom stereocenters. The highest BCUT2D eigenvalue weighted by molar-refractivity contribution is 7.10. The quantitative estimate of drug-likeness (QED) is 0.892. The molecule has 0 spiro atoms. The highest BCUT2D eigenvalue weighted by Gasteiger charge is 2.24. The Bertz CT molecular complexity index is 470. The highest BCUT2D eigenvalue weighted by atomic mass is 32.1. The van der Waals surface area contributed by atoms with Crippen LogP contribution < -0.4 is 10.6 Å². The summed E-state index contributed by atoms with van der Waals surface area (Å²) in [6.45, 7) is 4.13. The Morgan fingerprint density at radius 1 is 1.53 bits per heavy atom. The molecule has 0 saturated carbocycles. The first-order chi connectivity index (χ1) is 9.08. The molecule has 1 saturated heterocycles. The van der Waals surface area contributed by atoms with Crippen LogP contribution >= 0.6 is 11.3 Å². The van der Waals surface area contributed by atoms with E-state index < -0.39 is 6.04 Å². The van der Waals surface area contributed by atoms with E-state index in [-0.39, 0.29) is 11.8 Å². The third kappa shape index (κ3) is 3.53. The van der Waals surface area contributed by atoms with E-state index in [0.717, 1.165) is 17.7 Å². The van der Waals surface area contributed by atoms with Crippen molar-refractivity contribution in [3.63, 3.8) is 0 Å². The Hall–Kier alpha value is -1.43. The molecule has 1 aliphatic rings. The molecule has 2 heterocycles. The van der Waals surface area contributed by atoms with Crippen LogP contribution in [0.5, 0.6) is 0 Å². The van der Waals surface area contributed by atoms with Gasteiger partial charge in [-0.3, -0.25) is 9.59 Å². The fraction of sp³-hybridized carbons (Fsp3) is 0.615. The Morgan fingerprint density at radius 2 is 2.32 bits per heavy atom. The summed E-state index contributed by atoms with van der Waals surface area (Å²) in [5, 5.41) is 5.60. The standard InChI is InChI=1S/C13H19N3O2S/c1-8(2)11-12(14-7-19-11)16-13(18)9-5-3-4-6-10(17)15-9/h7-9H,3-6H2,1-2H3,(H,15,17)(H,16,18)/t9-/m0/s1. The molecule has 1 aromatic rings. The second kappa shape index (κ2) is 6.14. The van der Waals surface area contributed by atoms with Gasteiger partial charge in [0.05, 0.1) is 10.4 Å². The summed E-state index contributed by atoms with van der Waals surface area (Å²) in [5.41, 5.74) is 1.73. The molecule has 2 amide bonds. The number of nitrogens with one attached hydrogen (secondary N) is 2. The van der Waals surface area contributed by atoms with Crippen LogP contribution in [-0.4, -0.2) is 22.8 Å². The lowest BCUT2D eigenvalue weighted by Gasteiger charge is -2.15. The zero-order chi connectivity index (χ0) is 13.8. The van der Waals surface area contributed by atoms with Gasteiger partial charge in [-0.05, 0) is 18.8 Å². The van der Waals surface area contributed by atoms with E-state index in [2.05, 4.69) is 29.5 Å². The molecule has 5 nitrogen and oxygen atoms in total. The van der Waals surface area contributed by atoms with Crippen LogP contribution in [0.15, 0.2) is 5.51 Å². The second-order valence-electron chi connectivity index (χ2n) is 5.08. The number of rotatable bonds is 3. The van der Waals surface area contributed by atoms with Crippen molar-refractivity contribution >= 4 is 29.0 Å². The molecule has 1 fully saturated rings. The normalized spacial score (nSPS) is 19.9. The number of anilines is 1. The number of nitrogens with zero attached hydrogens (tertiary/aromatic N) is 1. The van der Waals surface area contributed by atoms with Gasteiger partial charge in [0.15, 0.2) is 0 Å². The van der Waals surface area contributed by atoms with Crippen LogP contribution in [0.25, 0.3) is 0 Å². The van der Waals surface area contributed by atoms with E-state index in [1.807, 2.05) is 0 Å². The van der Waals surface area contributed by atoms with Gasteiger partial charge in [-0.2, -0.15) is 0 Å². The van der Waals surface area contributed by atoms with Gasteiger partial charge in [0, 0.05) is 6.42 Å². The average Bonchev–Trinajstić information content (AvgIpc) is 2.70. The summed E-state index contributed by atoms with van der Waals surface area (Å²) in [7, 11) is 0. The monoisotopic (exact) mass is 281 g/mol. The first kappa shape index (κ1) is 14.0. The van der Waals surface area contributed by atoms with E-state index in [1.165, 1.54) is 11.3 Å². The van der Waals surface area contributed by atoms with E-state index in [1.54, 1.807) is 5.51 Å². The van der Waals surface area contributed by atoms with Crippen molar-refractivity contribution in [2.24, 2.45) is 0 Å². The summed E-state index contributed by atoms with van der Waals surface area (Å²) in [5.74, 6) is 0.748. The predicted molar refractivity (Wildman–Crippen MR) is 75.2 cm³/mol. The number of thiazole rings is 1. The topological polar surface area (TPSA) is 71.1 Å². The molecule has 0 radical (unpaired) electrons. The molecular weight excluding hydrogens is 262 g/mol. The van der Waals surface area contributed by atoms with Gasteiger partial charge in [0.25, 0.3) is 0 Å². The van der Waals surface area contributed by atoms with Crippen LogP contribution in [0.2, 0.25) is 0 Å². The zero-order valence-electron chi connectivity index (χ0n) is 11.2. The Kier molecular flexibility index (Phi) is 4.52. The molecule has 104 valence electrons. The average molecular weight is 281 g/mol. The summed E-state index contributed by atoms with van der Waals surface area (Å²) >= 11 is 1.54. The van der Waals surface area contributed by atoms with Gasteiger partial charge in [-0.15, -0.1) is 11.3 Å². The molecular formula is C13H19N3O2S. The summed E-state index contributed by atoms with van der Waals surface area (Å²) in [4.78, 5) is 28.9. The SMILES string of the molecule is CC(C)c1scnc1NC(=O)[C@@H]1CCCCC(=O)N1. The van der Waals surface area contributed by atoms with E-state index in [4.69, 9.17) is 0 Å². The number of hydrogen-bond donors (Lipinski definition) is 2. The van der Waals surface area contributed by atoms with Gasteiger partial charge in [0.1, 0.15) is 11.9 Å². The maximum absolute atomic E-state index is 12.2. The van der Waals surface area contributed by atoms with Crippen LogP contribution in [0.3, 0.4) is 0 Å². The van der Waals surface area contributed by atoms with Gasteiger partial charge in [-0.1, -0.05) is 20.3 Å². The minimum absolute atomic E-state index is 0.0417. The fourth-order valence-corrected chi connectivity index (χ4v) is 2.89. The van der Waals surface area contributed by atoms with Crippen LogP contribution in [-0.2, 0) is 9.59 Å². The first-order valence-electron chi connectivity index (χ1n) is 6.61. The third-order valence-corrected chi connectivity index (χ3v) is 4.29. The minimum Gasteiger partial charge on any atom is -0.344 e. The number of aromatic nitrogens is 1. The highest BCUT2D eigenvalue weighted by Crippen LogP contribution is 2.27. The first-order valence-corrected chi connectivity index (χ1v) is 7.49. The van der Waals surface area contributed by atoms with Crippen LogP contribution in [0, 0.1) is 0 Å². The maximum Gasteiger partial charge on any atom is 0.248 e. The summed E-state index contributed by atoms with van der Waals surface area (Å²) in [6.07, 6.45) is 2.95. The minimum atomic E-state index is -0.434. The molecule has 1 aromatic heterocycles. The van der Waals surface area contributed by atoms with Gasteiger partial charge in [0.2, 0.25) is 11.8 Å². The van der Waals surface area contributed by atoms with Gasteiger partial charge >= 0.3 is 0 Å². The van der Waals surface area contributed by atoms with Crippen molar-refractivity contribution in [3.05, 3.63) is 10.4 Å². The lowest BCUT2D eigenvalue weighted by molar-refractivity contribution is -0.126. The molecule has 2 N–H and O–H groups in total. The summed E-state index contributed by atoms with van der Waals surface area (Å²) < 4.78 is 0. The molecule has 1 aliphatic heterocycles. The molecule has 0 bridgehead atoms. The molecule has 19 heavy (non-hydrogen) atoms. The number of hydrogen-bond acceptors (Lipinski definition) is 4. The predicted octanol–water partition coefficient (Wildman–Crippen LogP) is 2.26. The zero-order valence-corrected chi connectivity index (χ0v) is 12.0. The largest absolute Gasteiger partial charge is 0.344 e. The number of carbonyl (C=O) groups excluding carboxylic acids is 2. The fourth-order valence-electron chi connectivity index (χ4n) is 2.13.